The molecule has 0 N–H and O–H groups in total. The van der Waals surface area contributed by atoms with Crippen LogP contribution >= 0.6 is 11.6 Å². The van der Waals surface area contributed by atoms with Gasteiger partial charge in [0, 0.05) is 13.1 Å². The summed E-state index contributed by atoms with van der Waals surface area (Å²) < 4.78 is 40.9. The molecule has 28 heavy (non-hydrogen) atoms. The van der Waals surface area contributed by atoms with Crippen molar-refractivity contribution in [2.45, 2.75) is 19.5 Å². The van der Waals surface area contributed by atoms with Crippen molar-refractivity contribution in [3.05, 3.63) is 57.6 Å². The van der Waals surface area contributed by atoms with Crippen LogP contribution in [0.3, 0.4) is 0 Å². The van der Waals surface area contributed by atoms with Crippen molar-refractivity contribution >= 4 is 28.5 Å². The first-order valence-corrected chi connectivity index (χ1v) is 9.14. The Morgan fingerprint density at radius 2 is 1.89 bits per heavy atom. The number of hydrogen-bond acceptors (Lipinski definition) is 4. The van der Waals surface area contributed by atoms with Crippen molar-refractivity contribution in [3.63, 3.8) is 0 Å². The topological polar surface area (TPSA) is 51.0 Å². The van der Waals surface area contributed by atoms with Crippen LogP contribution in [-0.2, 0) is 6.18 Å². The highest BCUT2D eigenvalue weighted by molar-refractivity contribution is 6.32. The summed E-state index contributed by atoms with van der Waals surface area (Å²) in [6, 6.07) is 8.64. The second kappa shape index (κ2) is 6.77. The fourth-order valence-corrected chi connectivity index (χ4v) is 3.68. The first kappa shape index (κ1) is 18.7. The van der Waals surface area contributed by atoms with Crippen molar-refractivity contribution in [3.8, 4) is 5.69 Å². The Morgan fingerprint density at radius 1 is 1.14 bits per heavy atom. The van der Waals surface area contributed by atoms with Crippen LogP contribution < -0.4 is 10.6 Å². The number of benzene rings is 1. The van der Waals surface area contributed by atoms with Crippen LogP contribution in [0.2, 0.25) is 5.02 Å². The van der Waals surface area contributed by atoms with E-state index in [9.17, 15) is 18.0 Å². The van der Waals surface area contributed by atoms with Gasteiger partial charge >= 0.3 is 11.9 Å². The molecule has 0 aliphatic carbocycles. The molecule has 1 unspecified atom stereocenters. The lowest BCUT2D eigenvalue weighted by Crippen LogP contribution is -2.29. The third kappa shape index (κ3) is 3.22. The average Bonchev–Trinajstić information content (AvgIpc) is 3.07. The lowest BCUT2D eigenvalue weighted by molar-refractivity contribution is -0.141. The quantitative estimate of drug-likeness (QED) is 0.634. The van der Waals surface area contributed by atoms with Crippen LogP contribution in [0.15, 0.2) is 41.2 Å². The number of aromatic nitrogens is 3. The largest absolute Gasteiger partial charge is 0.433 e. The molecule has 0 radical (unpaired) electrons. The zero-order valence-electron chi connectivity index (χ0n) is 14.9. The number of hydrogen-bond donors (Lipinski definition) is 0. The molecule has 1 aliphatic rings. The third-order valence-electron chi connectivity index (χ3n) is 4.83. The van der Waals surface area contributed by atoms with Gasteiger partial charge in [0.25, 0.3) is 0 Å². The van der Waals surface area contributed by atoms with E-state index >= 15 is 0 Å². The minimum Gasteiger partial charge on any atom is -0.356 e. The van der Waals surface area contributed by atoms with E-state index in [1.54, 1.807) is 24.3 Å². The molecule has 146 valence electrons. The molecule has 0 bridgehead atoms. The third-order valence-corrected chi connectivity index (χ3v) is 5.15. The highest BCUT2D eigenvalue weighted by atomic mass is 35.5. The fourth-order valence-electron chi connectivity index (χ4n) is 3.46. The van der Waals surface area contributed by atoms with Gasteiger partial charge in [-0.25, -0.2) is 14.3 Å². The predicted octanol–water partition coefficient (Wildman–Crippen LogP) is 4.30. The number of nitrogens with zero attached hydrogens (tertiary/aromatic N) is 4. The van der Waals surface area contributed by atoms with Gasteiger partial charge in [0.1, 0.15) is 11.5 Å². The SMILES string of the molecule is CC1CCN(c2nc(=O)n(-c3ccccc3Cl)c3nc(C(F)(F)F)ccc23)C1. The Labute approximate surface area is 163 Å². The van der Waals surface area contributed by atoms with Gasteiger partial charge in [-0.3, -0.25) is 0 Å². The molecule has 1 saturated heterocycles. The molecule has 1 aliphatic heterocycles. The molecule has 5 nitrogen and oxygen atoms in total. The smallest absolute Gasteiger partial charge is 0.356 e. The maximum absolute atomic E-state index is 13.3. The van der Waals surface area contributed by atoms with Gasteiger partial charge in [0.15, 0.2) is 5.65 Å². The van der Waals surface area contributed by atoms with Gasteiger partial charge < -0.3 is 4.90 Å². The number of pyridine rings is 1. The number of anilines is 1. The minimum absolute atomic E-state index is 0.113. The molecule has 9 heteroatoms. The van der Waals surface area contributed by atoms with E-state index in [1.807, 2.05) is 4.90 Å². The van der Waals surface area contributed by atoms with E-state index in [2.05, 4.69) is 16.9 Å². The van der Waals surface area contributed by atoms with Crippen LogP contribution in [0.5, 0.6) is 0 Å². The van der Waals surface area contributed by atoms with Gasteiger partial charge in [0.2, 0.25) is 0 Å². The molecule has 4 rings (SSSR count). The maximum Gasteiger partial charge on any atom is 0.433 e. The second-order valence-corrected chi connectivity index (χ2v) is 7.32. The molecule has 0 amide bonds. The standard InChI is InChI=1S/C19H16ClF3N4O/c1-11-8-9-26(10-11)16-12-6-7-15(19(21,22)23)24-17(12)27(18(28)25-16)14-5-3-2-4-13(14)20/h2-7,11H,8-10H2,1H3. The van der Waals surface area contributed by atoms with Crippen molar-refractivity contribution in [1.29, 1.82) is 0 Å². The van der Waals surface area contributed by atoms with E-state index in [-0.39, 0.29) is 16.4 Å². The van der Waals surface area contributed by atoms with Gasteiger partial charge in [-0.05, 0) is 36.6 Å². The van der Waals surface area contributed by atoms with Crippen molar-refractivity contribution in [2.75, 3.05) is 18.0 Å². The van der Waals surface area contributed by atoms with Gasteiger partial charge in [-0.1, -0.05) is 30.7 Å². The summed E-state index contributed by atoms with van der Waals surface area (Å²) in [5.74, 6) is 0.763. The Morgan fingerprint density at radius 3 is 2.54 bits per heavy atom. The van der Waals surface area contributed by atoms with Crippen LogP contribution in [0.4, 0.5) is 19.0 Å². The van der Waals surface area contributed by atoms with Crippen LogP contribution in [0.1, 0.15) is 19.0 Å². The van der Waals surface area contributed by atoms with E-state index in [4.69, 9.17) is 11.6 Å². The first-order valence-electron chi connectivity index (χ1n) is 8.76. The minimum atomic E-state index is -4.64. The molecule has 0 saturated carbocycles. The summed E-state index contributed by atoms with van der Waals surface area (Å²) in [5, 5.41) is 0.594. The second-order valence-electron chi connectivity index (χ2n) is 6.91. The van der Waals surface area contributed by atoms with Crippen LogP contribution in [-0.4, -0.2) is 27.6 Å². The van der Waals surface area contributed by atoms with Gasteiger partial charge in [-0.2, -0.15) is 18.2 Å². The highest BCUT2D eigenvalue weighted by Gasteiger charge is 2.34. The molecule has 3 heterocycles. The average molecular weight is 409 g/mol. The first-order chi connectivity index (χ1) is 13.3. The Kier molecular flexibility index (Phi) is 4.53. The number of para-hydroxylation sites is 1. The zero-order chi connectivity index (χ0) is 20.1. The molecular formula is C19H16ClF3N4O. The van der Waals surface area contributed by atoms with Crippen LogP contribution in [0.25, 0.3) is 16.7 Å². The molecule has 2 aromatic heterocycles. The monoisotopic (exact) mass is 408 g/mol. The van der Waals surface area contributed by atoms with Gasteiger partial charge in [-0.15, -0.1) is 0 Å². The normalized spacial score (nSPS) is 17.5. The number of halogens is 4. The number of alkyl halides is 3. The lowest BCUT2D eigenvalue weighted by Gasteiger charge is -2.21. The zero-order valence-corrected chi connectivity index (χ0v) is 15.6. The fraction of sp³-hybridized carbons (Fsp3) is 0.316. The van der Waals surface area contributed by atoms with Crippen molar-refractivity contribution in [2.24, 2.45) is 5.92 Å². The number of rotatable bonds is 2. The summed E-state index contributed by atoms with van der Waals surface area (Å²) in [5.41, 5.74) is -1.67. The molecule has 1 aromatic carbocycles. The summed E-state index contributed by atoms with van der Waals surface area (Å²) in [4.78, 5) is 22.7. The Bertz CT molecular complexity index is 1110. The Balaban J connectivity index is 2.05. The van der Waals surface area contributed by atoms with Crippen LogP contribution in [0, 0.1) is 5.92 Å². The lowest BCUT2D eigenvalue weighted by atomic mass is 10.2. The molecule has 1 fully saturated rings. The molecule has 0 spiro atoms. The maximum atomic E-state index is 13.3. The van der Waals surface area contributed by atoms with Crippen molar-refractivity contribution < 1.29 is 13.2 Å². The molecular weight excluding hydrogens is 393 g/mol. The summed E-state index contributed by atoms with van der Waals surface area (Å²) in [6.45, 7) is 3.44. The molecule has 3 aromatic rings. The van der Waals surface area contributed by atoms with E-state index in [0.717, 1.165) is 17.1 Å². The summed E-state index contributed by atoms with van der Waals surface area (Å²) in [7, 11) is 0. The number of fused-ring (bicyclic) bond motifs is 1. The Hall–Kier alpha value is -2.61. The molecule has 1 atom stereocenters. The summed E-state index contributed by atoms with van der Waals surface area (Å²) in [6.07, 6.45) is -3.72. The summed E-state index contributed by atoms with van der Waals surface area (Å²) >= 11 is 6.20. The van der Waals surface area contributed by atoms with Crippen molar-refractivity contribution in [1.82, 2.24) is 14.5 Å². The van der Waals surface area contributed by atoms with Gasteiger partial charge in [0.05, 0.1) is 16.1 Å². The predicted molar refractivity (Wildman–Crippen MR) is 101 cm³/mol. The highest BCUT2D eigenvalue weighted by Crippen LogP contribution is 2.33. The van der Waals surface area contributed by atoms with E-state index in [1.165, 1.54) is 6.07 Å². The van der Waals surface area contributed by atoms with E-state index < -0.39 is 17.6 Å². The van der Waals surface area contributed by atoms with E-state index in [0.29, 0.717) is 30.2 Å².